The first-order chi connectivity index (χ1) is 12.9. The topological polar surface area (TPSA) is 82.3 Å². The van der Waals surface area contributed by atoms with Gasteiger partial charge in [0, 0.05) is 24.2 Å². The van der Waals surface area contributed by atoms with Gasteiger partial charge in [0.2, 0.25) is 12.7 Å². The molecule has 27 heavy (non-hydrogen) atoms. The molecule has 3 heterocycles. The summed E-state index contributed by atoms with van der Waals surface area (Å²) in [5.74, 6) is 2.79. The van der Waals surface area contributed by atoms with Crippen molar-refractivity contribution < 1.29 is 14.0 Å². The van der Waals surface area contributed by atoms with Crippen molar-refractivity contribution in [1.29, 1.82) is 0 Å². The second-order valence-corrected chi connectivity index (χ2v) is 7.58. The quantitative estimate of drug-likeness (QED) is 0.745. The minimum absolute atomic E-state index is 0.172. The van der Waals surface area contributed by atoms with Crippen LogP contribution in [-0.4, -0.2) is 21.9 Å². The second kappa shape index (κ2) is 6.57. The summed E-state index contributed by atoms with van der Waals surface area (Å²) in [4.78, 5) is 9.21. The van der Waals surface area contributed by atoms with Gasteiger partial charge >= 0.3 is 0 Å². The highest BCUT2D eigenvalue weighted by atomic mass is 16.7. The molecule has 1 aromatic carbocycles. The zero-order valence-electron chi connectivity index (χ0n) is 15.9. The molecule has 0 aliphatic carbocycles. The third kappa shape index (κ3) is 3.58. The number of hydrogen-bond acceptors (Lipinski definition) is 7. The van der Waals surface area contributed by atoms with Crippen molar-refractivity contribution in [2.45, 2.75) is 39.7 Å². The molecule has 4 rings (SSSR count). The first-order valence-electron chi connectivity index (χ1n) is 8.84. The molecule has 1 aliphatic rings. The van der Waals surface area contributed by atoms with Crippen LogP contribution in [0.2, 0.25) is 0 Å². The molecule has 0 spiro atoms. The number of aromatic nitrogens is 3. The zero-order chi connectivity index (χ0) is 19.0. The van der Waals surface area contributed by atoms with Crippen molar-refractivity contribution in [2.75, 3.05) is 12.1 Å². The van der Waals surface area contributed by atoms with E-state index in [1.54, 1.807) is 6.20 Å². The van der Waals surface area contributed by atoms with Crippen molar-refractivity contribution >= 4 is 5.95 Å². The Morgan fingerprint density at radius 3 is 2.67 bits per heavy atom. The lowest BCUT2D eigenvalue weighted by Gasteiger charge is -2.21. The summed E-state index contributed by atoms with van der Waals surface area (Å²) in [7, 11) is 0. The van der Waals surface area contributed by atoms with E-state index in [1.807, 2.05) is 31.2 Å². The molecule has 0 atom stereocenters. The maximum absolute atomic E-state index is 5.42. The van der Waals surface area contributed by atoms with Crippen LogP contribution in [-0.2, 0) is 12.0 Å². The smallest absolute Gasteiger partial charge is 0.231 e. The first-order valence-corrected chi connectivity index (χ1v) is 8.84. The van der Waals surface area contributed by atoms with Gasteiger partial charge in [0.05, 0.1) is 17.0 Å². The standard InChI is InChI=1S/C20H22N4O3/c1-12-7-16(27-24-12)14-10-22-19(23-18(14)20(2,3)4)21-9-13-5-6-15-17(8-13)26-11-25-15/h5-8,10H,9,11H2,1-4H3,(H,21,22,23). The Balaban J connectivity index is 1.58. The van der Waals surface area contributed by atoms with Crippen LogP contribution in [0.5, 0.6) is 11.5 Å². The minimum Gasteiger partial charge on any atom is -0.454 e. The van der Waals surface area contributed by atoms with Gasteiger partial charge in [-0.2, -0.15) is 0 Å². The molecule has 3 aromatic rings. The van der Waals surface area contributed by atoms with E-state index in [1.165, 1.54) is 0 Å². The number of anilines is 1. The largest absolute Gasteiger partial charge is 0.454 e. The highest BCUT2D eigenvalue weighted by Crippen LogP contribution is 2.34. The van der Waals surface area contributed by atoms with Crippen molar-refractivity contribution in [3.63, 3.8) is 0 Å². The number of aryl methyl sites for hydroxylation is 1. The number of fused-ring (bicyclic) bond motifs is 1. The van der Waals surface area contributed by atoms with Gasteiger partial charge in [0.25, 0.3) is 0 Å². The van der Waals surface area contributed by atoms with E-state index in [-0.39, 0.29) is 12.2 Å². The van der Waals surface area contributed by atoms with E-state index >= 15 is 0 Å². The molecule has 0 saturated heterocycles. The third-order valence-electron chi connectivity index (χ3n) is 4.28. The van der Waals surface area contributed by atoms with Gasteiger partial charge in [-0.1, -0.05) is 32.0 Å². The summed E-state index contributed by atoms with van der Waals surface area (Å²) in [6.45, 7) is 9.09. The van der Waals surface area contributed by atoms with Gasteiger partial charge in [-0.3, -0.25) is 0 Å². The van der Waals surface area contributed by atoms with E-state index < -0.39 is 0 Å². The average molecular weight is 366 g/mol. The van der Waals surface area contributed by atoms with Crippen molar-refractivity contribution in [2.24, 2.45) is 0 Å². The fourth-order valence-corrected chi connectivity index (χ4v) is 2.94. The van der Waals surface area contributed by atoms with Crippen molar-refractivity contribution in [3.05, 3.63) is 47.4 Å². The third-order valence-corrected chi connectivity index (χ3v) is 4.28. The summed E-state index contributed by atoms with van der Waals surface area (Å²) < 4.78 is 16.2. The predicted octanol–water partition coefficient (Wildman–Crippen LogP) is 4.08. The Morgan fingerprint density at radius 2 is 1.93 bits per heavy atom. The van der Waals surface area contributed by atoms with Crippen LogP contribution >= 0.6 is 0 Å². The molecule has 1 aliphatic heterocycles. The molecule has 1 N–H and O–H groups in total. The maximum atomic E-state index is 5.42. The monoisotopic (exact) mass is 366 g/mol. The van der Waals surface area contributed by atoms with Crippen LogP contribution < -0.4 is 14.8 Å². The van der Waals surface area contributed by atoms with E-state index in [0.29, 0.717) is 18.3 Å². The van der Waals surface area contributed by atoms with Crippen LogP contribution in [0.4, 0.5) is 5.95 Å². The van der Waals surface area contributed by atoms with Gasteiger partial charge in [-0.25, -0.2) is 9.97 Å². The normalized spacial score (nSPS) is 13.0. The summed E-state index contributed by atoms with van der Waals surface area (Å²) in [5.41, 5.74) is 3.48. The fraction of sp³-hybridized carbons (Fsp3) is 0.350. The highest BCUT2D eigenvalue weighted by molar-refractivity contribution is 5.62. The SMILES string of the molecule is Cc1cc(-c2cnc(NCc3ccc4c(c3)OCO4)nc2C(C)(C)C)on1. The van der Waals surface area contributed by atoms with E-state index in [0.717, 1.165) is 34.0 Å². The van der Waals surface area contributed by atoms with Crippen molar-refractivity contribution in [3.8, 4) is 22.8 Å². The van der Waals surface area contributed by atoms with Gasteiger partial charge < -0.3 is 19.3 Å². The molecule has 0 unspecified atom stereocenters. The first kappa shape index (κ1) is 17.3. The number of rotatable bonds is 4. The van der Waals surface area contributed by atoms with E-state index in [9.17, 15) is 0 Å². The molecule has 0 bridgehead atoms. The van der Waals surface area contributed by atoms with Crippen LogP contribution in [0.25, 0.3) is 11.3 Å². The summed E-state index contributed by atoms with van der Waals surface area (Å²) in [6.07, 6.45) is 1.79. The Kier molecular flexibility index (Phi) is 4.22. The lowest BCUT2D eigenvalue weighted by molar-refractivity contribution is 0.174. The molecular formula is C20H22N4O3. The highest BCUT2D eigenvalue weighted by Gasteiger charge is 2.24. The molecule has 0 saturated carbocycles. The van der Waals surface area contributed by atoms with Gasteiger partial charge in [-0.15, -0.1) is 0 Å². The Morgan fingerprint density at radius 1 is 1.11 bits per heavy atom. The molecule has 0 amide bonds. The molecule has 140 valence electrons. The van der Waals surface area contributed by atoms with Crippen LogP contribution in [0.3, 0.4) is 0 Å². The van der Waals surface area contributed by atoms with Gasteiger partial charge in [0.1, 0.15) is 0 Å². The minimum atomic E-state index is -0.172. The van der Waals surface area contributed by atoms with Crippen molar-refractivity contribution in [1.82, 2.24) is 15.1 Å². The lowest BCUT2D eigenvalue weighted by atomic mass is 9.88. The lowest BCUT2D eigenvalue weighted by Crippen LogP contribution is -2.17. The summed E-state index contributed by atoms with van der Waals surface area (Å²) >= 11 is 0. The number of hydrogen-bond donors (Lipinski definition) is 1. The molecule has 7 heteroatoms. The summed E-state index contributed by atoms with van der Waals surface area (Å²) in [5, 5.41) is 7.26. The Hall–Kier alpha value is -3.09. The second-order valence-electron chi connectivity index (χ2n) is 7.58. The molecule has 7 nitrogen and oxygen atoms in total. The van der Waals surface area contributed by atoms with Crippen LogP contribution in [0.1, 0.15) is 37.7 Å². The fourth-order valence-electron chi connectivity index (χ4n) is 2.94. The number of ether oxygens (including phenoxy) is 2. The predicted molar refractivity (Wildman–Crippen MR) is 101 cm³/mol. The van der Waals surface area contributed by atoms with Gasteiger partial charge in [0.15, 0.2) is 17.3 Å². The van der Waals surface area contributed by atoms with Crippen LogP contribution in [0.15, 0.2) is 35.0 Å². The Bertz CT molecular complexity index is 976. The number of benzene rings is 1. The van der Waals surface area contributed by atoms with Gasteiger partial charge in [-0.05, 0) is 24.6 Å². The van der Waals surface area contributed by atoms with E-state index in [2.05, 4.69) is 36.2 Å². The molecule has 2 aromatic heterocycles. The molecule has 0 radical (unpaired) electrons. The average Bonchev–Trinajstić information content (AvgIpc) is 3.27. The molecule has 0 fully saturated rings. The number of nitrogens with one attached hydrogen (secondary N) is 1. The van der Waals surface area contributed by atoms with Crippen LogP contribution in [0, 0.1) is 6.92 Å². The zero-order valence-corrected chi connectivity index (χ0v) is 15.9. The van der Waals surface area contributed by atoms with E-state index in [4.69, 9.17) is 19.0 Å². The molecular weight excluding hydrogens is 344 g/mol. The Labute approximate surface area is 157 Å². The maximum Gasteiger partial charge on any atom is 0.231 e. The number of nitrogens with zero attached hydrogens (tertiary/aromatic N) is 3. The summed E-state index contributed by atoms with van der Waals surface area (Å²) in [6, 6.07) is 7.77.